The first-order valence-corrected chi connectivity index (χ1v) is 11.0. The number of fused-ring (bicyclic) bond motifs is 1. The number of hydrogen-bond donors (Lipinski definition) is 0. The van der Waals surface area contributed by atoms with Gasteiger partial charge in [0, 0.05) is 32.0 Å². The number of rotatable bonds is 6. The summed E-state index contributed by atoms with van der Waals surface area (Å²) in [7, 11) is 0. The van der Waals surface area contributed by atoms with Crippen molar-refractivity contribution in [1.29, 1.82) is 0 Å². The third kappa shape index (κ3) is 5.51. The van der Waals surface area contributed by atoms with Crippen LogP contribution in [-0.2, 0) is 16.1 Å². The number of nitrogens with zero attached hydrogens (tertiary/aromatic N) is 4. The van der Waals surface area contributed by atoms with Gasteiger partial charge in [0.1, 0.15) is 17.9 Å². The van der Waals surface area contributed by atoms with Crippen molar-refractivity contribution in [3.8, 4) is 0 Å². The van der Waals surface area contributed by atoms with Crippen LogP contribution in [0.5, 0.6) is 0 Å². The summed E-state index contributed by atoms with van der Waals surface area (Å²) in [6.45, 7) is 5.41. The first-order valence-electron chi connectivity index (χ1n) is 11.0. The number of amides is 2. The number of hydrogen-bond acceptors (Lipinski definition) is 5. The molecule has 1 aliphatic heterocycles. The highest BCUT2D eigenvalue weighted by atomic mass is 19.1. The van der Waals surface area contributed by atoms with Gasteiger partial charge < -0.3 is 14.5 Å². The van der Waals surface area contributed by atoms with Crippen molar-refractivity contribution in [3.05, 3.63) is 71.8 Å². The van der Waals surface area contributed by atoms with E-state index in [4.69, 9.17) is 4.74 Å². The van der Waals surface area contributed by atoms with Crippen LogP contribution in [0, 0.1) is 11.7 Å². The number of carbonyl (C=O) groups excluding carboxylic acids is 2. The monoisotopic (exact) mass is 450 g/mol. The molecule has 0 unspecified atom stereocenters. The highest BCUT2D eigenvalue weighted by Gasteiger charge is 2.32. The Morgan fingerprint density at radius 1 is 1.15 bits per heavy atom. The van der Waals surface area contributed by atoms with E-state index in [9.17, 15) is 14.0 Å². The van der Waals surface area contributed by atoms with E-state index < -0.39 is 6.10 Å². The fraction of sp³-hybridized carbons (Fsp3) is 0.360. The lowest BCUT2D eigenvalue weighted by Gasteiger charge is -2.26. The number of halogens is 1. The largest absolute Gasteiger partial charge is 0.370 e. The topological polar surface area (TPSA) is 75.6 Å². The van der Waals surface area contributed by atoms with Gasteiger partial charge in [-0.1, -0.05) is 32.0 Å². The number of carbonyl (C=O) groups is 2. The molecule has 0 spiro atoms. The third-order valence-electron chi connectivity index (χ3n) is 5.50. The fourth-order valence-corrected chi connectivity index (χ4v) is 4.03. The standard InChI is InChI=1S/C25H27FN4O3/c1-17(2)12-29-13-20(33-16-18-5-3-6-19(26)11-18)14-30(15-23(29)31)25(32)21-7-4-8-22-24(21)28-10-9-27-22/h3-11,17,20H,12-16H2,1-2H3/t20-/m0/s1. The smallest absolute Gasteiger partial charge is 0.256 e. The maximum Gasteiger partial charge on any atom is 0.256 e. The zero-order chi connectivity index (χ0) is 23.4. The molecule has 4 rings (SSSR count). The van der Waals surface area contributed by atoms with Crippen LogP contribution in [0.4, 0.5) is 4.39 Å². The second kappa shape index (κ2) is 10.0. The summed E-state index contributed by atoms with van der Waals surface area (Å²) < 4.78 is 19.7. The molecule has 1 saturated heterocycles. The molecule has 0 saturated carbocycles. The Morgan fingerprint density at radius 2 is 1.94 bits per heavy atom. The molecular weight excluding hydrogens is 423 g/mol. The highest BCUT2D eigenvalue weighted by Crippen LogP contribution is 2.19. The zero-order valence-electron chi connectivity index (χ0n) is 18.8. The van der Waals surface area contributed by atoms with Crippen molar-refractivity contribution < 1.29 is 18.7 Å². The average Bonchev–Trinajstić information content (AvgIpc) is 2.95. The normalized spacial score (nSPS) is 17.0. The molecule has 2 heterocycles. The number of benzene rings is 2. The molecule has 2 amide bonds. The molecule has 8 heteroatoms. The predicted octanol–water partition coefficient (Wildman–Crippen LogP) is 3.29. The second-order valence-corrected chi connectivity index (χ2v) is 8.67. The Labute approximate surface area is 192 Å². The van der Waals surface area contributed by atoms with Gasteiger partial charge in [0.05, 0.1) is 23.8 Å². The van der Waals surface area contributed by atoms with Crippen LogP contribution in [-0.4, -0.2) is 63.9 Å². The predicted molar refractivity (Wildman–Crippen MR) is 122 cm³/mol. The Kier molecular flexibility index (Phi) is 6.93. The van der Waals surface area contributed by atoms with Crippen molar-refractivity contribution in [1.82, 2.24) is 19.8 Å². The van der Waals surface area contributed by atoms with Crippen LogP contribution in [0.2, 0.25) is 0 Å². The SMILES string of the molecule is CC(C)CN1C[C@H](OCc2cccc(F)c2)CN(C(=O)c2cccc3nccnc23)CC1=O. The lowest BCUT2D eigenvalue weighted by molar-refractivity contribution is -0.132. The van der Waals surface area contributed by atoms with Crippen molar-refractivity contribution in [3.63, 3.8) is 0 Å². The summed E-state index contributed by atoms with van der Waals surface area (Å²) in [6.07, 6.45) is 2.71. The van der Waals surface area contributed by atoms with E-state index in [1.807, 2.05) is 13.8 Å². The van der Waals surface area contributed by atoms with Gasteiger partial charge in [0.15, 0.2) is 0 Å². The summed E-state index contributed by atoms with van der Waals surface area (Å²) in [5, 5.41) is 0. The molecule has 3 aromatic rings. The van der Waals surface area contributed by atoms with Gasteiger partial charge in [-0.15, -0.1) is 0 Å². The first kappa shape index (κ1) is 22.8. The van der Waals surface area contributed by atoms with E-state index >= 15 is 0 Å². The van der Waals surface area contributed by atoms with E-state index in [1.54, 1.807) is 47.6 Å². The van der Waals surface area contributed by atoms with E-state index in [1.165, 1.54) is 17.0 Å². The molecule has 2 aromatic carbocycles. The number of para-hydroxylation sites is 1. The first-order chi connectivity index (χ1) is 15.9. The minimum Gasteiger partial charge on any atom is -0.370 e. The molecule has 172 valence electrons. The molecule has 1 atom stereocenters. The van der Waals surface area contributed by atoms with Crippen molar-refractivity contribution >= 4 is 22.8 Å². The molecule has 1 fully saturated rings. The summed E-state index contributed by atoms with van der Waals surface area (Å²) in [6, 6.07) is 11.5. The molecule has 0 aliphatic carbocycles. The lowest BCUT2D eigenvalue weighted by atomic mass is 10.1. The average molecular weight is 451 g/mol. The van der Waals surface area contributed by atoms with Gasteiger partial charge in [-0.05, 0) is 35.7 Å². The van der Waals surface area contributed by atoms with E-state index in [-0.39, 0.29) is 43.2 Å². The van der Waals surface area contributed by atoms with Crippen molar-refractivity contribution in [2.24, 2.45) is 5.92 Å². The van der Waals surface area contributed by atoms with Crippen molar-refractivity contribution in [2.45, 2.75) is 26.6 Å². The zero-order valence-corrected chi connectivity index (χ0v) is 18.8. The van der Waals surface area contributed by atoms with Gasteiger partial charge >= 0.3 is 0 Å². The lowest BCUT2D eigenvalue weighted by Crippen LogP contribution is -2.40. The molecule has 0 bridgehead atoms. The molecule has 0 N–H and O–H groups in total. The summed E-state index contributed by atoms with van der Waals surface area (Å²) in [5.41, 5.74) is 2.21. The van der Waals surface area contributed by atoms with Crippen LogP contribution >= 0.6 is 0 Å². The molecule has 33 heavy (non-hydrogen) atoms. The van der Waals surface area contributed by atoms with E-state index in [0.29, 0.717) is 35.2 Å². The van der Waals surface area contributed by atoms with Gasteiger partial charge in [-0.3, -0.25) is 19.6 Å². The Morgan fingerprint density at radius 3 is 2.73 bits per heavy atom. The number of ether oxygens (including phenoxy) is 1. The maximum atomic E-state index is 13.6. The molecular formula is C25H27FN4O3. The van der Waals surface area contributed by atoms with Crippen LogP contribution in [0.25, 0.3) is 11.0 Å². The summed E-state index contributed by atoms with van der Waals surface area (Å²) in [5.74, 6) is -0.476. The van der Waals surface area contributed by atoms with Gasteiger partial charge in [0.25, 0.3) is 5.91 Å². The Balaban J connectivity index is 1.58. The van der Waals surface area contributed by atoms with Gasteiger partial charge in [-0.2, -0.15) is 0 Å². The minimum atomic E-state index is -0.413. The van der Waals surface area contributed by atoms with Crippen molar-refractivity contribution in [2.75, 3.05) is 26.2 Å². The third-order valence-corrected chi connectivity index (χ3v) is 5.50. The minimum absolute atomic E-state index is 0.0397. The fourth-order valence-electron chi connectivity index (χ4n) is 4.03. The van der Waals surface area contributed by atoms with E-state index in [2.05, 4.69) is 9.97 Å². The highest BCUT2D eigenvalue weighted by molar-refractivity contribution is 6.05. The Hall–Kier alpha value is -3.39. The van der Waals surface area contributed by atoms with Crippen LogP contribution in [0.3, 0.4) is 0 Å². The van der Waals surface area contributed by atoms with Gasteiger partial charge in [0.2, 0.25) is 5.91 Å². The van der Waals surface area contributed by atoms with Crippen LogP contribution < -0.4 is 0 Å². The van der Waals surface area contributed by atoms with Crippen LogP contribution in [0.15, 0.2) is 54.9 Å². The molecule has 0 radical (unpaired) electrons. The quantitative estimate of drug-likeness (QED) is 0.576. The number of aromatic nitrogens is 2. The molecule has 1 aliphatic rings. The van der Waals surface area contributed by atoms with Crippen LogP contribution in [0.1, 0.15) is 29.8 Å². The second-order valence-electron chi connectivity index (χ2n) is 8.67. The maximum absolute atomic E-state index is 13.6. The summed E-state index contributed by atoms with van der Waals surface area (Å²) in [4.78, 5) is 38.4. The van der Waals surface area contributed by atoms with Gasteiger partial charge in [-0.25, -0.2) is 4.39 Å². The molecule has 1 aromatic heterocycles. The van der Waals surface area contributed by atoms with E-state index in [0.717, 1.165) is 0 Å². The summed E-state index contributed by atoms with van der Waals surface area (Å²) >= 11 is 0. The Bertz CT molecular complexity index is 1150. The molecule has 7 nitrogen and oxygen atoms in total.